The highest BCUT2D eigenvalue weighted by Crippen LogP contribution is 2.30. The van der Waals surface area contributed by atoms with Gasteiger partial charge in [-0.2, -0.15) is 0 Å². The summed E-state index contributed by atoms with van der Waals surface area (Å²) >= 11 is 0. The van der Waals surface area contributed by atoms with E-state index in [0.717, 1.165) is 37.6 Å². The third-order valence-corrected chi connectivity index (χ3v) is 4.83. The highest BCUT2D eigenvalue weighted by Gasteiger charge is 2.19. The van der Waals surface area contributed by atoms with Gasteiger partial charge in [-0.25, -0.2) is 13.8 Å². The Morgan fingerprint density at radius 1 is 1.23 bits per heavy atom. The summed E-state index contributed by atoms with van der Waals surface area (Å²) < 4.78 is 28.4. The molecule has 3 aromatic rings. The van der Waals surface area contributed by atoms with E-state index in [1.165, 1.54) is 12.1 Å². The standard InChI is InChI=1S/C19H18F2N4O/c20-12-7-14(18(22)26)17-16(8-12)24-19(25-17)13-4-3-10(6-15(13)21)11-2-1-5-23-9-11/h3-4,6-8,11,23H,1-2,5,9H2,(H2,22,26)(H,24,25). The van der Waals surface area contributed by atoms with Crippen molar-refractivity contribution in [2.75, 3.05) is 13.1 Å². The molecule has 1 unspecified atom stereocenters. The zero-order valence-corrected chi connectivity index (χ0v) is 14.0. The first-order valence-corrected chi connectivity index (χ1v) is 8.52. The number of H-pyrrole nitrogens is 1. The summed E-state index contributed by atoms with van der Waals surface area (Å²) in [5, 5.41) is 3.32. The molecule has 0 spiro atoms. The molecular formula is C19H18F2N4O. The van der Waals surface area contributed by atoms with Crippen molar-refractivity contribution in [2.24, 2.45) is 5.73 Å². The van der Waals surface area contributed by atoms with Crippen molar-refractivity contribution < 1.29 is 13.6 Å². The highest BCUT2D eigenvalue weighted by molar-refractivity contribution is 6.04. The number of hydrogen-bond donors (Lipinski definition) is 3. The smallest absolute Gasteiger partial charge is 0.251 e. The third-order valence-electron chi connectivity index (χ3n) is 4.83. The number of fused-ring (bicyclic) bond motifs is 1. The van der Waals surface area contributed by atoms with Crippen LogP contribution >= 0.6 is 0 Å². The predicted octanol–water partition coefficient (Wildman–Crippen LogP) is 3.07. The van der Waals surface area contributed by atoms with Crippen LogP contribution in [0.1, 0.15) is 34.7 Å². The van der Waals surface area contributed by atoms with Crippen molar-refractivity contribution >= 4 is 16.9 Å². The molecule has 0 aliphatic carbocycles. The van der Waals surface area contributed by atoms with Crippen molar-refractivity contribution in [3.05, 3.63) is 53.1 Å². The number of aromatic amines is 1. The molecule has 0 saturated carbocycles. The topological polar surface area (TPSA) is 83.8 Å². The van der Waals surface area contributed by atoms with E-state index in [2.05, 4.69) is 15.3 Å². The third kappa shape index (κ3) is 2.94. The maximum absolute atomic E-state index is 14.7. The molecule has 0 bridgehead atoms. The molecule has 1 aromatic heterocycles. The fraction of sp³-hybridized carbons (Fsp3) is 0.263. The Morgan fingerprint density at radius 2 is 2.08 bits per heavy atom. The van der Waals surface area contributed by atoms with Crippen LogP contribution < -0.4 is 11.1 Å². The number of nitrogens with zero attached hydrogens (tertiary/aromatic N) is 1. The van der Waals surface area contributed by atoms with Gasteiger partial charge in [0.05, 0.1) is 16.6 Å². The Balaban J connectivity index is 1.75. The molecule has 1 saturated heterocycles. The molecular weight excluding hydrogens is 338 g/mol. The van der Waals surface area contributed by atoms with Crippen LogP contribution in [0.2, 0.25) is 0 Å². The summed E-state index contributed by atoms with van der Waals surface area (Å²) in [6.45, 7) is 1.83. The number of nitrogens with one attached hydrogen (secondary N) is 2. The average Bonchev–Trinajstić information content (AvgIpc) is 3.04. The van der Waals surface area contributed by atoms with Crippen molar-refractivity contribution in [1.82, 2.24) is 15.3 Å². The van der Waals surface area contributed by atoms with Gasteiger partial charge < -0.3 is 16.0 Å². The number of primary amides is 1. The molecule has 2 aromatic carbocycles. The quantitative estimate of drug-likeness (QED) is 0.674. The fourth-order valence-electron chi connectivity index (χ4n) is 3.51. The number of benzene rings is 2. The number of carbonyl (C=O) groups excluding carboxylic acids is 1. The van der Waals surface area contributed by atoms with Crippen LogP contribution in [-0.4, -0.2) is 29.0 Å². The Labute approximate surface area is 148 Å². The molecule has 1 aliphatic rings. The number of amides is 1. The molecule has 1 atom stereocenters. The van der Waals surface area contributed by atoms with Crippen LogP contribution in [0.15, 0.2) is 30.3 Å². The van der Waals surface area contributed by atoms with Gasteiger partial charge >= 0.3 is 0 Å². The summed E-state index contributed by atoms with van der Waals surface area (Å²) in [5.74, 6) is -1.28. The van der Waals surface area contributed by atoms with E-state index in [1.807, 2.05) is 6.07 Å². The number of imidazole rings is 1. The van der Waals surface area contributed by atoms with Gasteiger partial charge in [0.1, 0.15) is 23.0 Å². The lowest BCUT2D eigenvalue weighted by molar-refractivity contribution is 0.100. The van der Waals surface area contributed by atoms with Crippen LogP contribution in [0, 0.1) is 11.6 Å². The van der Waals surface area contributed by atoms with Gasteiger partial charge in [0.25, 0.3) is 5.91 Å². The normalized spacial score (nSPS) is 17.5. The summed E-state index contributed by atoms with van der Waals surface area (Å²) in [4.78, 5) is 18.7. The van der Waals surface area contributed by atoms with Gasteiger partial charge in [0, 0.05) is 6.54 Å². The largest absolute Gasteiger partial charge is 0.366 e. The fourth-order valence-corrected chi connectivity index (χ4v) is 3.51. The van der Waals surface area contributed by atoms with E-state index < -0.39 is 17.5 Å². The van der Waals surface area contributed by atoms with E-state index in [-0.39, 0.29) is 22.5 Å². The van der Waals surface area contributed by atoms with Crippen LogP contribution in [0.4, 0.5) is 8.78 Å². The number of carbonyl (C=O) groups is 1. The summed E-state index contributed by atoms with van der Waals surface area (Å²) in [7, 11) is 0. The summed E-state index contributed by atoms with van der Waals surface area (Å²) in [6, 6.07) is 7.31. The Kier molecular flexibility index (Phi) is 4.16. The molecule has 0 radical (unpaired) electrons. The molecule has 26 heavy (non-hydrogen) atoms. The summed E-state index contributed by atoms with van der Waals surface area (Å²) in [5.41, 5.74) is 7.00. The van der Waals surface area contributed by atoms with Gasteiger partial charge in [-0.05, 0) is 55.1 Å². The second-order valence-corrected chi connectivity index (χ2v) is 6.58. The highest BCUT2D eigenvalue weighted by atomic mass is 19.1. The van der Waals surface area contributed by atoms with Crippen LogP contribution in [-0.2, 0) is 0 Å². The van der Waals surface area contributed by atoms with Gasteiger partial charge in [-0.3, -0.25) is 4.79 Å². The monoisotopic (exact) mass is 356 g/mol. The second kappa shape index (κ2) is 6.49. The second-order valence-electron chi connectivity index (χ2n) is 6.58. The number of rotatable bonds is 3. The minimum absolute atomic E-state index is 0.0344. The number of hydrogen-bond acceptors (Lipinski definition) is 3. The van der Waals surface area contributed by atoms with E-state index in [0.29, 0.717) is 11.4 Å². The zero-order chi connectivity index (χ0) is 18.3. The summed E-state index contributed by atoms with van der Waals surface area (Å²) in [6.07, 6.45) is 2.09. The predicted molar refractivity (Wildman–Crippen MR) is 94.8 cm³/mol. The maximum Gasteiger partial charge on any atom is 0.251 e. The van der Waals surface area contributed by atoms with Crippen molar-refractivity contribution in [3.63, 3.8) is 0 Å². The molecule has 1 aliphatic heterocycles. The van der Waals surface area contributed by atoms with Crippen molar-refractivity contribution in [2.45, 2.75) is 18.8 Å². The molecule has 134 valence electrons. The van der Waals surface area contributed by atoms with E-state index >= 15 is 0 Å². The Bertz CT molecular complexity index is 993. The first-order valence-electron chi connectivity index (χ1n) is 8.52. The molecule has 5 nitrogen and oxygen atoms in total. The van der Waals surface area contributed by atoms with Gasteiger partial charge in [-0.15, -0.1) is 0 Å². The first-order chi connectivity index (χ1) is 12.5. The number of nitrogens with two attached hydrogens (primary N) is 1. The van der Waals surface area contributed by atoms with Crippen LogP contribution in [0.25, 0.3) is 22.4 Å². The van der Waals surface area contributed by atoms with Crippen LogP contribution in [0.3, 0.4) is 0 Å². The van der Waals surface area contributed by atoms with E-state index in [9.17, 15) is 13.6 Å². The van der Waals surface area contributed by atoms with Crippen molar-refractivity contribution in [3.8, 4) is 11.4 Å². The minimum Gasteiger partial charge on any atom is -0.366 e. The van der Waals surface area contributed by atoms with Gasteiger partial charge in [0.15, 0.2) is 0 Å². The lowest BCUT2D eigenvalue weighted by atomic mass is 9.91. The molecule has 1 amide bonds. The molecule has 4 rings (SSSR count). The maximum atomic E-state index is 14.7. The SMILES string of the molecule is NC(=O)c1cc(F)cc2[nH]c(-c3ccc(C4CCCNC4)cc3F)nc12. The number of halogens is 2. The lowest BCUT2D eigenvalue weighted by Crippen LogP contribution is -2.28. The first kappa shape index (κ1) is 16.7. The Hall–Kier alpha value is -2.80. The van der Waals surface area contributed by atoms with Gasteiger partial charge in [0.2, 0.25) is 0 Å². The van der Waals surface area contributed by atoms with Gasteiger partial charge in [-0.1, -0.05) is 6.07 Å². The molecule has 2 heterocycles. The van der Waals surface area contributed by atoms with Crippen molar-refractivity contribution in [1.29, 1.82) is 0 Å². The van der Waals surface area contributed by atoms with E-state index in [1.54, 1.807) is 6.07 Å². The Morgan fingerprint density at radius 3 is 2.77 bits per heavy atom. The number of piperidine rings is 1. The van der Waals surface area contributed by atoms with E-state index in [4.69, 9.17) is 5.73 Å². The molecule has 1 fully saturated rings. The molecule has 4 N–H and O–H groups in total. The number of aromatic nitrogens is 2. The van der Waals surface area contributed by atoms with Crippen LogP contribution in [0.5, 0.6) is 0 Å². The molecule has 7 heteroatoms. The average molecular weight is 356 g/mol. The minimum atomic E-state index is -0.784. The zero-order valence-electron chi connectivity index (χ0n) is 14.0. The lowest BCUT2D eigenvalue weighted by Gasteiger charge is -2.23.